The molecule has 0 radical (unpaired) electrons. The van der Waals surface area contributed by atoms with Crippen LogP contribution >= 0.6 is 11.5 Å². The zero-order chi connectivity index (χ0) is 18.7. The molecule has 3 rings (SSSR count). The van der Waals surface area contributed by atoms with Crippen LogP contribution < -0.4 is 10.2 Å². The van der Waals surface area contributed by atoms with Gasteiger partial charge in [0.05, 0.1) is 6.54 Å². The van der Waals surface area contributed by atoms with Gasteiger partial charge in [-0.2, -0.15) is 17.5 Å². The number of nitrogens with one attached hydrogen (secondary N) is 1. The molecule has 0 unspecified atom stereocenters. The smallest absolute Gasteiger partial charge is 0.367 e. The lowest BCUT2D eigenvalue weighted by Gasteiger charge is -2.31. The highest BCUT2D eigenvalue weighted by atomic mass is 32.1. The third-order valence-electron chi connectivity index (χ3n) is 4.10. The molecule has 2 aromatic heterocycles. The number of anilines is 2. The molecule has 2 aromatic rings. The molecule has 142 valence electrons. The number of piperidine rings is 1. The summed E-state index contributed by atoms with van der Waals surface area (Å²) >= 11 is 1.37. The average molecular weight is 387 g/mol. The van der Waals surface area contributed by atoms with E-state index in [4.69, 9.17) is 0 Å². The number of alkyl halides is 3. The number of hydrogen-bond donors (Lipinski definition) is 1. The maximum absolute atomic E-state index is 12.7. The van der Waals surface area contributed by atoms with E-state index in [9.17, 15) is 13.2 Å². The van der Waals surface area contributed by atoms with E-state index in [-0.39, 0.29) is 11.9 Å². The van der Waals surface area contributed by atoms with E-state index in [1.165, 1.54) is 11.5 Å². The third-order valence-corrected chi connectivity index (χ3v) is 5.02. The van der Waals surface area contributed by atoms with Crippen molar-refractivity contribution in [2.24, 2.45) is 0 Å². The van der Waals surface area contributed by atoms with E-state index in [1.807, 2.05) is 19.0 Å². The lowest BCUT2D eigenvalue weighted by Crippen LogP contribution is -2.39. The van der Waals surface area contributed by atoms with Gasteiger partial charge in [-0.3, -0.25) is 4.90 Å². The normalized spacial score (nSPS) is 16.7. The lowest BCUT2D eigenvalue weighted by molar-refractivity contribution is -0.141. The number of hydrogen-bond acceptors (Lipinski definition) is 8. The summed E-state index contributed by atoms with van der Waals surface area (Å²) in [6.07, 6.45) is -1.89. The summed E-state index contributed by atoms with van der Waals surface area (Å²) in [5, 5.41) is 3.96. The van der Waals surface area contributed by atoms with Crippen LogP contribution in [0.25, 0.3) is 0 Å². The molecule has 3 heterocycles. The van der Waals surface area contributed by atoms with Crippen LogP contribution in [-0.2, 0) is 12.7 Å². The fraction of sp³-hybridized carbons (Fsp3) is 0.600. The molecule has 1 fully saturated rings. The number of halogens is 3. The van der Waals surface area contributed by atoms with Gasteiger partial charge in [0.1, 0.15) is 17.8 Å². The predicted molar refractivity (Wildman–Crippen MR) is 93.2 cm³/mol. The molecule has 1 N–H and O–H groups in total. The second-order valence-corrected chi connectivity index (χ2v) is 7.10. The summed E-state index contributed by atoms with van der Waals surface area (Å²) in [7, 11) is 3.86. The van der Waals surface area contributed by atoms with Crippen LogP contribution in [0.2, 0.25) is 0 Å². The highest BCUT2D eigenvalue weighted by Gasteiger charge is 2.33. The van der Waals surface area contributed by atoms with E-state index in [0.717, 1.165) is 49.3 Å². The molecule has 1 saturated heterocycles. The molecule has 1 aliphatic heterocycles. The highest BCUT2D eigenvalue weighted by Crippen LogP contribution is 2.28. The highest BCUT2D eigenvalue weighted by molar-refractivity contribution is 7.09. The topological polar surface area (TPSA) is 70.1 Å². The summed E-state index contributed by atoms with van der Waals surface area (Å²) in [6, 6.07) is 1.04. The summed E-state index contributed by atoms with van der Waals surface area (Å²) in [4.78, 5) is 15.8. The Morgan fingerprint density at radius 2 is 2.00 bits per heavy atom. The fourth-order valence-electron chi connectivity index (χ4n) is 2.73. The van der Waals surface area contributed by atoms with E-state index in [0.29, 0.717) is 6.54 Å². The second-order valence-electron chi connectivity index (χ2n) is 6.37. The minimum absolute atomic E-state index is 0.0861. The predicted octanol–water partition coefficient (Wildman–Crippen LogP) is 2.49. The first kappa shape index (κ1) is 18.8. The van der Waals surface area contributed by atoms with Crippen molar-refractivity contribution in [3.8, 4) is 0 Å². The monoisotopic (exact) mass is 387 g/mol. The minimum atomic E-state index is -4.46. The van der Waals surface area contributed by atoms with Crippen LogP contribution in [0.3, 0.4) is 0 Å². The van der Waals surface area contributed by atoms with Crippen LogP contribution in [0.4, 0.5) is 24.1 Å². The Balaban J connectivity index is 1.51. The molecule has 0 spiro atoms. The Bertz CT molecular complexity index is 726. The molecule has 1 aliphatic rings. The van der Waals surface area contributed by atoms with Gasteiger partial charge in [0.2, 0.25) is 5.13 Å². The Kier molecular flexibility index (Phi) is 5.56. The Morgan fingerprint density at radius 1 is 1.27 bits per heavy atom. The van der Waals surface area contributed by atoms with Crippen molar-refractivity contribution < 1.29 is 13.2 Å². The van der Waals surface area contributed by atoms with Gasteiger partial charge >= 0.3 is 6.18 Å². The molecule has 11 heteroatoms. The molecule has 0 bridgehead atoms. The molecule has 7 nitrogen and oxygen atoms in total. The zero-order valence-corrected chi connectivity index (χ0v) is 15.3. The van der Waals surface area contributed by atoms with Gasteiger partial charge in [0.25, 0.3) is 0 Å². The van der Waals surface area contributed by atoms with Gasteiger partial charge in [-0.05, 0) is 12.8 Å². The summed E-state index contributed by atoms with van der Waals surface area (Å²) in [6.45, 7) is 2.33. The first-order valence-corrected chi connectivity index (χ1v) is 8.96. The zero-order valence-electron chi connectivity index (χ0n) is 14.5. The Labute approximate surface area is 153 Å². The van der Waals surface area contributed by atoms with Crippen LogP contribution in [0.5, 0.6) is 0 Å². The summed E-state index contributed by atoms with van der Waals surface area (Å²) < 4.78 is 42.5. The number of rotatable bonds is 5. The first-order valence-electron chi connectivity index (χ1n) is 8.19. The van der Waals surface area contributed by atoms with Crippen LogP contribution in [0, 0.1) is 0 Å². The van der Waals surface area contributed by atoms with Crippen molar-refractivity contribution in [2.45, 2.75) is 31.6 Å². The molecule has 0 aromatic carbocycles. The van der Waals surface area contributed by atoms with Crippen molar-refractivity contribution in [2.75, 3.05) is 37.4 Å². The van der Waals surface area contributed by atoms with E-state index < -0.39 is 11.9 Å². The van der Waals surface area contributed by atoms with E-state index in [1.54, 1.807) is 0 Å². The van der Waals surface area contributed by atoms with Crippen molar-refractivity contribution in [3.63, 3.8) is 0 Å². The molecule has 0 saturated carbocycles. The molecule has 0 aliphatic carbocycles. The van der Waals surface area contributed by atoms with Gasteiger partial charge in [-0.15, -0.1) is 0 Å². The summed E-state index contributed by atoms with van der Waals surface area (Å²) in [5.74, 6) is 1.01. The van der Waals surface area contributed by atoms with Gasteiger partial charge < -0.3 is 10.2 Å². The van der Waals surface area contributed by atoms with Crippen LogP contribution in [0.15, 0.2) is 12.4 Å². The lowest BCUT2D eigenvalue weighted by atomic mass is 10.1. The SMILES string of the molecule is CN(C)c1nc(CN2CCC(Nc3cc(C(F)(F)F)ncn3)CC2)ns1. The minimum Gasteiger partial charge on any atom is -0.367 e. The standard InChI is InChI=1S/C15H20F3N7S/c1-24(2)14-22-13(23-26-14)8-25-5-3-10(4-6-25)21-12-7-11(15(16,17)18)19-9-20-12/h7,9-10H,3-6,8H2,1-2H3,(H,19,20,21). The first-order chi connectivity index (χ1) is 12.3. The van der Waals surface area contributed by atoms with Gasteiger partial charge in [0.15, 0.2) is 5.82 Å². The van der Waals surface area contributed by atoms with Crippen LogP contribution in [-0.4, -0.2) is 57.5 Å². The average Bonchev–Trinajstić information content (AvgIpc) is 3.05. The van der Waals surface area contributed by atoms with E-state index >= 15 is 0 Å². The molecule has 0 amide bonds. The number of likely N-dealkylation sites (tertiary alicyclic amines) is 1. The van der Waals surface area contributed by atoms with Gasteiger partial charge in [-0.25, -0.2) is 15.0 Å². The fourth-order valence-corrected chi connectivity index (χ4v) is 3.32. The quantitative estimate of drug-likeness (QED) is 0.845. The second kappa shape index (κ2) is 7.70. The summed E-state index contributed by atoms with van der Waals surface area (Å²) in [5.41, 5.74) is -0.932. The van der Waals surface area contributed by atoms with Gasteiger partial charge in [-0.1, -0.05) is 0 Å². The molecular weight excluding hydrogens is 367 g/mol. The molecular formula is C15H20F3N7S. The van der Waals surface area contributed by atoms with Crippen molar-refractivity contribution in [1.82, 2.24) is 24.2 Å². The maximum Gasteiger partial charge on any atom is 0.433 e. The largest absolute Gasteiger partial charge is 0.433 e. The number of nitrogens with zero attached hydrogens (tertiary/aromatic N) is 6. The third kappa shape index (κ3) is 4.79. The maximum atomic E-state index is 12.7. The number of aromatic nitrogens is 4. The van der Waals surface area contributed by atoms with Gasteiger partial charge in [0, 0.05) is 50.8 Å². The Morgan fingerprint density at radius 3 is 2.62 bits per heavy atom. The van der Waals surface area contributed by atoms with Crippen molar-refractivity contribution in [3.05, 3.63) is 23.9 Å². The molecule has 0 atom stereocenters. The van der Waals surface area contributed by atoms with Crippen LogP contribution in [0.1, 0.15) is 24.4 Å². The van der Waals surface area contributed by atoms with E-state index in [2.05, 4.69) is 29.5 Å². The van der Waals surface area contributed by atoms with Crippen molar-refractivity contribution >= 4 is 22.5 Å². The molecule has 26 heavy (non-hydrogen) atoms. The van der Waals surface area contributed by atoms with Crippen molar-refractivity contribution in [1.29, 1.82) is 0 Å². The Hall–Kier alpha value is -2.01.